The maximum absolute atomic E-state index is 4.11. The lowest BCUT2D eigenvalue weighted by atomic mass is 10.1. The lowest BCUT2D eigenvalue weighted by molar-refractivity contribution is 0.308. The number of hydrogen-bond donors (Lipinski definition) is 1. The number of aromatic amines is 1. The second kappa shape index (κ2) is 5.12. The van der Waals surface area contributed by atoms with Crippen molar-refractivity contribution in [2.24, 2.45) is 0 Å². The number of rotatable bonds is 5. The van der Waals surface area contributed by atoms with Crippen LogP contribution in [-0.4, -0.2) is 34.5 Å². The molecule has 0 fully saturated rings. The first-order valence-electron chi connectivity index (χ1n) is 5.97. The molecule has 2 heterocycles. The van der Waals surface area contributed by atoms with Crippen LogP contribution in [0.4, 0.5) is 0 Å². The minimum atomic E-state index is 1.10. The highest BCUT2D eigenvalue weighted by Gasteiger charge is 2.05. The minimum Gasteiger partial charge on any atom is -0.360 e. The van der Waals surface area contributed by atoms with Crippen molar-refractivity contribution < 1.29 is 0 Å². The Morgan fingerprint density at radius 3 is 2.88 bits per heavy atom. The Morgan fingerprint density at radius 2 is 2.12 bits per heavy atom. The van der Waals surface area contributed by atoms with E-state index >= 15 is 0 Å². The second-order valence-electron chi connectivity index (χ2n) is 4.01. The molecule has 2 aromatic rings. The van der Waals surface area contributed by atoms with Crippen molar-refractivity contribution in [2.75, 3.05) is 19.6 Å². The number of fused-ring (bicyclic) bond motifs is 1. The molecule has 0 unspecified atom stereocenters. The van der Waals surface area contributed by atoms with Crippen LogP contribution in [0.2, 0.25) is 0 Å². The van der Waals surface area contributed by atoms with Gasteiger partial charge < -0.3 is 9.88 Å². The average molecular weight is 217 g/mol. The standard InChI is InChI=1S/C13H19N3/c1-3-16(4-2)8-6-11-9-15-13-10-14-7-5-12(11)13/h5,7,9-10,15H,3-4,6,8H2,1-2H3. The average Bonchev–Trinajstić information content (AvgIpc) is 2.74. The molecule has 86 valence electrons. The minimum absolute atomic E-state index is 1.10. The Hall–Kier alpha value is -1.35. The molecule has 0 saturated heterocycles. The summed E-state index contributed by atoms with van der Waals surface area (Å²) in [5.41, 5.74) is 2.53. The Bertz CT molecular complexity index is 443. The van der Waals surface area contributed by atoms with Gasteiger partial charge in [-0.3, -0.25) is 4.98 Å². The van der Waals surface area contributed by atoms with Gasteiger partial charge in [-0.25, -0.2) is 0 Å². The molecule has 16 heavy (non-hydrogen) atoms. The van der Waals surface area contributed by atoms with Gasteiger partial charge in [0, 0.05) is 24.3 Å². The summed E-state index contributed by atoms with van der Waals surface area (Å²) in [6.07, 6.45) is 6.95. The monoisotopic (exact) mass is 217 g/mol. The van der Waals surface area contributed by atoms with E-state index in [0.717, 1.165) is 31.6 Å². The van der Waals surface area contributed by atoms with Crippen LogP contribution in [0, 0.1) is 0 Å². The van der Waals surface area contributed by atoms with Crippen LogP contribution < -0.4 is 0 Å². The number of aromatic nitrogens is 2. The summed E-state index contributed by atoms with van der Waals surface area (Å²) in [5.74, 6) is 0. The second-order valence-corrected chi connectivity index (χ2v) is 4.01. The van der Waals surface area contributed by atoms with Crippen LogP contribution in [-0.2, 0) is 6.42 Å². The first kappa shape index (κ1) is 11.1. The van der Waals surface area contributed by atoms with Gasteiger partial charge in [-0.15, -0.1) is 0 Å². The number of nitrogens with one attached hydrogen (secondary N) is 1. The zero-order valence-electron chi connectivity index (χ0n) is 10.0. The summed E-state index contributed by atoms with van der Waals surface area (Å²) >= 11 is 0. The largest absolute Gasteiger partial charge is 0.360 e. The molecule has 0 saturated carbocycles. The quantitative estimate of drug-likeness (QED) is 0.834. The molecule has 0 aliphatic heterocycles. The lowest BCUT2D eigenvalue weighted by Gasteiger charge is -2.17. The summed E-state index contributed by atoms with van der Waals surface area (Å²) in [7, 11) is 0. The molecule has 3 nitrogen and oxygen atoms in total. The molecule has 1 N–H and O–H groups in total. The molecule has 2 aromatic heterocycles. The third-order valence-electron chi connectivity index (χ3n) is 3.16. The molecule has 0 amide bonds. The topological polar surface area (TPSA) is 31.9 Å². The fourth-order valence-corrected chi connectivity index (χ4v) is 2.06. The van der Waals surface area contributed by atoms with Gasteiger partial charge in [-0.2, -0.15) is 0 Å². The van der Waals surface area contributed by atoms with Gasteiger partial charge in [0.2, 0.25) is 0 Å². The Kier molecular flexibility index (Phi) is 3.57. The molecule has 0 bridgehead atoms. The highest BCUT2D eigenvalue weighted by atomic mass is 15.1. The Balaban J connectivity index is 2.09. The van der Waals surface area contributed by atoms with Crippen LogP contribution in [0.5, 0.6) is 0 Å². The maximum atomic E-state index is 4.11. The van der Waals surface area contributed by atoms with Crippen molar-refractivity contribution in [1.29, 1.82) is 0 Å². The van der Waals surface area contributed by atoms with Gasteiger partial charge in [0.1, 0.15) is 0 Å². The van der Waals surface area contributed by atoms with Crippen molar-refractivity contribution >= 4 is 10.9 Å². The van der Waals surface area contributed by atoms with Gasteiger partial charge in [0.25, 0.3) is 0 Å². The van der Waals surface area contributed by atoms with E-state index in [2.05, 4.69) is 41.0 Å². The molecule has 0 spiro atoms. The summed E-state index contributed by atoms with van der Waals surface area (Å²) in [4.78, 5) is 9.82. The zero-order valence-corrected chi connectivity index (χ0v) is 10.0. The zero-order chi connectivity index (χ0) is 11.4. The first-order valence-corrected chi connectivity index (χ1v) is 5.97. The molecule has 0 aromatic carbocycles. The van der Waals surface area contributed by atoms with E-state index in [1.165, 1.54) is 10.9 Å². The molecular formula is C13H19N3. The van der Waals surface area contributed by atoms with Crippen molar-refractivity contribution in [2.45, 2.75) is 20.3 Å². The first-order chi connectivity index (χ1) is 7.85. The molecule has 3 heteroatoms. The highest BCUT2D eigenvalue weighted by Crippen LogP contribution is 2.17. The summed E-state index contributed by atoms with van der Waals surface area (Å²) < 4.78 is 0. The highest BCUT2D eigenvalue weighted by molar-refractivity contribution is 5.82. The van der Waals surface area contributed by atoms with Crippen molar-refractivity contribution in [3.63, 3.8) is 0 Å². The number of hydrogen-bond acceptors (Lipinski definition) is 2. The SMILES string of the molecule is CCN(CC)CCc1c[nH]c2cnccc12. The van der Waals surface area contributed by atoms with E-state index in [1.807, 2.05) is 12.4 Å². The number of H-pyrrole nitrogens is 1. The van der Waals surface area contributed by atoms with Gasteiger partial charge in [-0.1, -0.05) is 13.8 Å². The molecule has 0 aliphatic rings. The molecule has 0 atom stereocenters. The van der Waals surface area contributed by atoms with Crippen LogP contribution in [0.25, 0.3) is 10.9 Å². The van der Waals surface area contributed by atoms with Crippen LogP contribution in [0.15, 0.2) is 24.7 Å². The van der Waals surface area contributed by atoms with Crippen LogP contribution in [0.1, 0.15) is 19.4 Å². The van der Waals surface area contributed by atoms with Gasteiger partial charge >= 0.3 is 0 Å². The summed E-state index contributed by atoms with van der Waals surface area (Å²) in [6.45, 7) is 7.80. The number of pyridine rings is 1. The Labute approximate surface area is 96.5 Å². The third-order valence-corrected chi connectivity index (χ3v) is 3.16. The maximum Gasteiger partial charge on any atom is 0.0643 e. The normalized spacial score (nSPS) is 11.4. The van der Waals surface area contributed by atoms with E-state index in [9.17, 15) is 0 Å². The van der Waals surface area contributed by atoms with Crippen LogP contribution >= 0.6 is 0 Å². The number of likely N-dealkylation sites (N-methyl/N-ethyl adjacent to an activating group) is 1. The van der Waals surface area contributed by atoms with Gasteiger partial charge in [-0.05, 0) is 31.1 Å². The van der Waals surface area contributed by atoms with Gasteiger partial charge in [0.15, 0.2) is 0 Å². The van der Waals surface area contributed by atoms with Crippen LogP contribution in [0.3, 0.4) is 0 Å². The molecule has 2 rings (SSSR count). The predicted octanol–water partition coefficient (Wildman–Crippen LogP) is 2.45. The smallest absolute Gasteiger partial charge is 0.0643 e. The molecular weight excluding hydrogens is 198 g/mol. The van der Waals surface area contributed by atoms with E-state index < -0.39 is 0 Å². The summed E-state index contributed by atoms with van der Waals surface area (Å²) in [5, 5.41) is 1.31. The van der Waals surface area contributed by atoms with Gasteiger partial charge in [0.05, 0.1) is 11.7 Å². The van der Waals surface area contributed by atoms with Crippen molar-refractivity contribution in [3.8, 4) is 0 Å². The number of nitrogens with zero attached hydrogens (tertiary/aromatic N) is 2. The van der Waals surface area contributed by atoms with Crippen molar-refractivity contribution in [1.82, 2.24) is 14.9 Å². The third kappa shape index (κ3) is 2.25. The molecule has 0 radical (unpaired) electrons. The van der Waals surface area contributed by atoms with Crippen molar-refractivity contribution in [3.05, 3.63) is 30.2 Å². The predicted molar refractivity (Wildman–Crippen MR) is 67.6 cm³/mol. The fourth-order valence-electron chi connectivity index (χ4n) is 2.06. The van der Waals surface area contributed by atoms with E-state index in [1.54, 1.807) is 0 Å². The lowest BCUT2D eigenvalue weighted by Crippen LogP contribution is -2.25. The fraction of sp³-hybridized carbons (Fsp3) is 0.462. The van der Waals surface area contributed by atoms with E-state index in [4.69, 9.17) is 0 Å². The van der Waals surface area contributed by atoms with E-state index in [0.29, 0.717) is 0 Å². The van der Waals surface area contributed by atoms with E-state index in [-0.39, 0.29) is 0 Å². The molecule has 0 aliphatic carbocycles. The summed E-state index contributed by atoms with van der Waals surface area (Å²) in [6, 6.07) is 2.09. The Morgan fingerprint density at radius 1 is 1.31 bits per heavy atom.